The van der Waals surface area contributed by atoms with Gasteiger partial charge in [-0.3, -0.25) is 9.59 Å². The number of amides is 4. The fourth-order valence-corrected chi connectivity index (χ4v) is 10.8. The molecule has 0 spiro atoms. The number of carbonyl (C=O) groups excluding carboxylic acids is 4. The number of Topliss-reactive ketones (excluding diaryl/α,β-unsaturated/α-hetero) is 1. The Morgan fingerprint density at radius 1 is 0.298 bits per heavy atom. The van der Waals surface area contributed by atoms with Crippen LogP contribution in [0, 0.1) is 76.9 Å². The lowest BCUT2D eigenvalue weighted by Gasteiger charge is -2.30. The lowest BCUT2D eigenvalue weighted by molar-refractivity contribution is -0.134. The van der Waals surface area contributed by atoms with Crippen molar-refractivity contribution in [2.45, 2.75) is 495 Å². The number of urea groups is 1. The van der Waals surface area contributed by atoms with Crippen LogP contribution in [0.2, 0.25) is 0 Å². The van der Waals surface area contributed by atoms with Crippen LogP contribution in [0.15, 0.2) is 24.3 Å². The second kappa shape index (κ2) is 89.1. The Hall–Kier alpha value is -3.14. The molecule has 0 radical (unpaired) electrons. The van der Waals surface area contributed by atoms with E-state index in [9.17, 15) is 36.0 Å². The molecule has 760 valence electrons. The van der Waals surface area contributed by atoms with Crippen molar-refractivity contribution in [3.63, 3.8) is 0 Å². The maximum absolute atomic E-state index is 11.6. The topological polar surface area (TPSA) is 187 Å². The lowest BCUT2D eigenvalue weighted by atomic mass is 9.99. The summed E-state index contributed by atoms with van der Waals surface area (Å²) in [5.74, 6) is 8.89. The van der Waals surface area contributed by atoms with E-state index in [1.54, 1.807) is 75.2 Å². The smallest absolute Gasteiger partial charge is 0.409 e. The molecule has 0 aliphatic carbocycles. The van der Waals surface area contributed by atoms with Crippen LogP contribution < -0.4 is 0 Å². The van der Waals surface area contributed by atoms with Crippen molar-refractivity contribution in [3.05, 3.63) is 24.3 Å². The second-order valence-electron chi connectivity index (χ2n) is 42.1. The molecule has 18 nitrogen and oxygen atoms in total. The van der Waals surface area contributed by atoms with Crippen molar-refractivity contribution >= 4 is 43.7 Å². The molecule has 0 aliphatic rings. The van der Waals surface area contributed by atoms with E-state index in [1.165, 1.54) is 30.1 Å². The summed E-state index contributed by atoms with van der Waals surface area (Å²) in [6, 6.07) is 3.20. The number of ketones is 1. The standard InChI is InChI=1S/C9H20N2O.C8H17NO2.C8H17NO.C8H19N.C8H18.2C8H16.C7H17NO2S.C7H17N.C7H16O.C7H14O.C7H16.C6H14O2S.C6H14O/c1-7(2)10(5)9(12)11(6)8(3)4;1-6(2)9(5)8(10)11-7(3)4;1-6(2)8(10)9(5)7(3)4;1-7(2)6-9(5)8(3)4;3*1-7(2)5-6-8(3)4;1-6(2)8(5)11(9,10)7(3)4;1-6(2)8(5)7(3)4;1-6(2)5-8-7(3)4;1-5(2)7(8)6(3)4;1-6(2)5-7(3)4;1-5(2)9(7,8)6(3)4;1-5(2)7-6(3)4/h7-8H,1-6H3;6-7H,1-5H3;6-7H,1-5H3;7-8H,6H2,1-5H3;7-8H,5-6H2,1-4H3;2*5-8H,1-4H3;6-7H,1-5H3;6-7H,1-5H3;6-7H,5H2,1-4H3;5-6H,1-4H3;6-7H,5H2,1-4H3;5-6H,1-4H3;5-6H,1-4H3/b;;;;;6-5+;6-5-;;;;;;;. The van der Waals surface area contributed by atoms with E-state index in [2.05, 4.69) is 242 Å². The first-order valence-corrected chi connectivity index (χ1v) is 51.5. The molecule has 4 amide bonds. The van der Waals surface area contributed by atoms with Gasteiger partial charge < -0.3 is 43.6 Å². The average molecular weight is 1820 g/mol. The zero-order chi connectivity index (χ0) is 103. The number of allylic oxidation sites excluding steroid dienone is 4. The van der Waals surface area contributed by atoms with E-state index in [0.29, 0.717) is 77.9 Å². The van der Waals surface area contributed by atoms with Gasteiger partial charge in [-0.25, -0.2) is 30.7 Å². The van der Waals surface area contributed by atoms with Crippen molar-refractivity contribution in [3.8, 4) is 0 Å². The lowest BCUT2D eigenvalue weighted by Crippen LogP contribution is -2.45. The van der Waals surface area contributed by atoms with Crippen LogP contribution in [0.25, 0.3) is 0 Å². The van der Waals surface area contributed by atoms with Crippen molar-refractivity contribution in [1.29, 1.82) is 0 Å². The third-order valence-corrected chi connectivity index (χ3v) is 22.9. The molecule has 0 unspecified atom stereocenters. The highest BCUT2D eigenvalue weighted by Gasteiger charge is 2.25. The fourth-order valence-electron chi connectivity index (χ4n) is 8.50. The number of carbonyl (C=O) groups is 4. The highest BCUT2D eigenvalue weighted by atomic mass is 32.2. The van der Waals surface area contributed by atoms with Crippen LogP contribution in [-0.4, -0.2) is 225 Å². The summed E-state index contributed by atoms with van der Waals surface area (Å²) in [6.07, 6.45) is 13.9. The Balaban J connectivity index is -0.0000000878. The van der Waals surface area contributed by atoms with Crippen LogP contribution in [-0.2, 0) is 43.7 Å². The minimum absolute atomic E-state index is 0.0382. The zero-order valence-corrected chi connectivity index (χ0v) is 97.1. The zero-order valence-electron chi connectivity index (χ0n) is 95.4. The third kappa shape index (κ3) is 121. The van der Waals surface area contributed by atoms with Crippen molar-refractivity contribution < 1.29 is 50.2 Å². The SMILES string of the molecule is CC(C)/C=C/C(C)C.CC(C)/C=C\C(C)C.CC(C)C(=O)C(C)C.CC(C)C(=O)N(C)C(C)C.CC(C)CC(C)C.CC(C)CCC(C)C.CC(C)CN(C)C(C)C.CC(C)COC(C)C.CC(C)N(C)C(=O)N(C)C(C)C.CC(C)N(C)C(C)C.CC(C)N(C)S(=O)(=O)C(C)C.CC(C)OC(=O)N(C)C(C)C.CC(C)OC(C)C.CC(C)S(=O)(=O)C(C)C. The van der Waals surface area contributed by atoms with E-state index in [4.69, 9.17) is 14.2 Å². The molecule has 0 aromatic heterocycles. The summed E-state index contributed by atoms with van der Waals surface area (Å²) in [7, 11) is 7.30. The summed E-state index contributed by atoms with van der Waals surface area (Å²) < 4.78 is 61.8. The Morgan fingerprint density at radius 2 is 0.589 bits per heavy atom. The van der Waals surface area contributed by atoms with Gasteiger partial charge in [0.05, 0.1) is 40.2 Å². The molecule has 0 atom stereocenters. The maximum Gasteiger partial charge on any atom is 0.409 e. The van der Waals surface area contributed by atoms with E-state index in [1.807, 2.05) is 173 Å². The van der Waals surface area contributed by atoms with Gasteiger partial charge in [-0.1, -0.05) is 217 Å². The number of rotatable bonds is 32. The van der Waals surface area contributed by atoms with Crippen molar-refractivity contribution in [2.75, 3.05) is 62.5 Å². The molecule has 0 aromatic carbocycles. The molecular formula is C104H231N7O11S2. The summed E-state index contributed by atoms with van der Waals surface area (Å²) in [6.45, 7) is 117. The van der Waals surface area contributed by atoms with E-state index < -0.39 is 19.9 Å². The molecule has 0 rings (SSSR count). The Bertz CT molecular complexity index is 2470. The molecule has 0 aliphatic heterocycles. The first kappa shape index (κ1) is 152. The van der Waals surface area contributed by atoms with Gasteiger partial charge in [0.2, 0.25) is 15.9 Å². The minimum Gasteiger partial charge on any atom is -0.447 e. The van der Waals surface area contributed by atoms with Gasteiger partial charge in [0, 0.05) is 114 Å². The Morgan fingerprint density at radius 3 is 0.677 bits per heavy atom. The minimum atomic E-state index is -3.04. The first-order chi connectivity index (χ1) is 55.4. The number of nitrogens with zero attached hydrogens (tertiary/aromatic N) is 7. The van der Waals surface area contributed by atoms with Crippen LogP contribution >= 0.6 is 0 Å². The van der Waals surface area contributed by atoms with Gasteiger partial charge in [-0.15, -0.1) is 0 Å². The Kier molecular flexibility index (Phi) is 109. The van der Waals surface area contributed by atoms with Gasteiger partial charge in [-0.2, -0.15) is 0 Å². The van der Waals surface area contributed by atoms with Crippen molar-refractivity contribution in [2.24, 2.45) is 76.9 Å². The summed E-state index contributed by atoms with van der Waals surface area (Å²) in [5, 5.41) is -0.801. The van der Waals surface area contributed by atoms with Gasteiger partial charge in [-0.05, 0) is 287 Å². The molecule has 20 heteroatoms. The van der Waals surface area contributed by atoms with Crippen LogP contribution in [0.4, 0.5) is 9.59 Å². The predicted octanol–water partition coefficient (Wildman–Crippen LogP) is 28.4. The molecular weight excluding hydrogens is 1590 g/mol. The number of hydrogen-bond donors (Lipinski definition) is 0. The van der Waals surface area contributed by atoms with Gasteiger partial charge >= 0.3 is 12.1 Å². The highest BCUT2D eigenvalue weighted by Crippen LogP contribution is 2.14. The monoisotopic (exact) mass is 1820 g/mol. The number of hydrogen-bond acceptors (Lipinski definition) is 13. The first-order valence-electron chi connectivity index (χ1n) is 48.4. The molecule has 0 heterocycles. The summed E-state index contributed by atoms with van der Waals surface area (Å²) in [4.78, 5) is 56.2. The fraction of sp³-hybridized carbons (Fsp3) is 0.923. The van der Waals surface area contributed by atoms with Gasteiger partial charge in [0.15, 0.2) is 9.84 Å². The Labute approximate surface area is 782 Å². The highest BCUT2D eigenvalue weighted by molar-refractivity contribution is 7.92. The summed E-state index contributed by atoms with van der Waals surface area (Å²) >= 11 is 0. The summed E-state index contributed by atoms with van der Waals surface area (Å²) in [5.41, 5.74) is 0. The van der Waals surface area contributed by atoms with E-state index in [0.717, 1.165) is 36.2 Å². The normalized spacial score (nSPS) is 11.6. The molecule has 124 heavy (non-hydrogen) atoms. The van der Waals surface area contributed by atoms with Crippen molar-refractivity contribution in [1.82, 2.24) is 33.7 Å². The number of ether oxygens (including phenoxy) is 3. The average Bonchev–Trinajstić information content (AvgIpc) is 0.862. The number of sulfone groups is 1. The quantitative estimate of drug-likeness (QED) is 0.0580. The molecule has 0 saturated carbocycles. The molecule has 0 saturated heterocycles. The maximum atomic E-state index is 11.6. The van der Waals surface area contributed by atoms with Crippen LogP contribution in [0.5, 0.6) is 0 Å². The van der Waals surface area contributed by atoms with Crippen LogP contribution in [0.1, 0.15) is 407 Å². The third-order valence-electron chi connectivity index (χ3n) is 17.8. The molecule has 0 N–H and O–H groups in total. The molecule has 0 aromatic rings. The van der Waals surface area contributed by atoms with E-state index >= 15 is 0 Å². The van der Waals surface area contributed by atoms with Gasteiger partial charge in [0.25, 0.3) is 0 Å². The van der Waals surface area contributed by atoms with E-state index in [-0.39, 0.29) is 81.8 Å². The molecule has 0 bridgehead atoms. The molecule has 0 fully saturated rings. The van der Waals surface area contributed by atoms with Crippen LogP contribution in [0.3, 0.4) is 0 Å². The second-order valence-corrected chi connectivity index (χ2v) is 47.7. The predicted molar refractivity (Wildman–Crippen MR) is 558 cm³/mol. The largest absolute Gasteiger partial charge is 0.447 e. The van der Waals surface area contributed by atoms with Gasteiger partial charge in [0.1, 0.15) is 5.78 Å². The number of sulfonamides is 1.